The van der Waals surface area contributed by atoms with E-state index < -0.39 is 0 Å². The summed E-state index contributed by atoms with van der Waals surface area (Å²) in [6.07, 6.45) is 6.98. The highest BCUT2D eigenvalue weighted by atomic mass is 32.3. The van der Waals surface area contributed by atoms with E-state index in [1.807, 2.05) is 0 Å². The Morgan fingerprint density at radius 3 is 1.92 bits per heavy atom. The molecule has 0 saturated heterocycles. The lowest BCUT2D eigenvalue weighted by atomic mass is 9.99. The van der Waals surface area contributed by atoms with Gasteiger partial charge in [-0.2, -0.15) is 0 Å². The van der Waals surface area contributed by atoms with Crippen molar-refractivity contribution in [3.63, 3.8) is 0 Å². The predicted octanol–water partition coefficient (Wildman–Crippen LogP) is 2.74. The van der Waals surface area contributed by atoms with Crippen molar-refractivity contribution < 1.29 is 4.74 Å². The number of hydrogen-bond acceptors (Lipinski definition) is 1. The topological polar surface area (TPSA) is 9.23 Å². The number of rotatable bonds is 4. The lowest BCUT2D eigenvalue weighted by Gasteiger charge is -2.26. The van der Waals surface area contributed by atoms with Gasteiger partial charge in [-0.25, -0.2) is 10.0 Å². The zero-order chi connectivity index (χ0) is 9.83. The molecule has 0 N–H and O–H groups in total. The molecule has 2 heteroatoms. The summed E-state index contributed by atoms with van der Waals surface area (Å²) in [4.78, 5) is 0. The molecule has 0 aromatic heterocycles. The van der Waals surface area contributed by atoms with E-state index in [0.717, 1.165) is 13.2 Å². The Labute approximate surface area is 79.2 Å². The van der Waals surface area contributed by atoms with Crippen LogP contribution in [0.15, 0.2) is 0 Å². The summed E-state index contributed by atoms with van der Waals surface area (Å²) < 4.78 is 5.59. The third-order valence-electron chi connectivity index (χ3n) is 1.38. The summed E-state index contributed by atoms with van der Waals surface area (Å²) in [5.74, 6) is 1.23. The van der Waals surface area contributed by atoms with Crippen molar-refractivity contribution in [2.24, 2.45) is 5.41 Å². The normalized spacial score (nSPS) is 14.8. The number of hydrogen-bond donors (Lipinski definition) is 0. The van der Waals surface area contributed by atoms with Crippen molar-refractivity contribution in [1.29, 1.82) is 0 Å². The molecule has 0 radical (unpaired) electrons. The predicted molar refractivity (Wildman–Crippen MR) is 60.5 cm³/mol. The first-order valence-electron chi connectivity index (χ1n) is 4.44. The maximum atomic E-state index is 5.59. The summed E-state index contributed by atoms with van der Waals surface area (Å²) in [6.45, 7) is 8.42. The summed E-state index contributed by atoms with van der Waals surface area (Å²) in [6, 6.07) is 0. The fourth-order valence-electron chi connectivity index (χ4n) is 0.687. The number of ether oxygens (including phenoxy) is 1. The van der Waals surface area contributed by atoms with Gasteiger partial charge in [0.25, 0.3) is 0 Å². The monoisotopic (exact) mass is 192 g/mol. The Morgan fingerprint density at radius 1 is 1.08 bits per heavy atom. The quantitative estimate of drug-likeness (QED) is 0.622. The minimum Gasteiger partial charge on any atom is -0.380 e. The maximum Gasteiger partial charge on any atom is 0.0542 e. The van der Waals surface area contributed by atoms with Gasteiger partial charge >= 0.3 is 0 Å². The largest absolute Gasteiger partial charge is 0.380 e. The van der Waals surface area contributed by atoms with Crippen molar-refractivity contribution in [1.82, 2.24) is 0 Å². The summed E-state index contributed by atoms with van der Waals surface area (Å²) in [5.41, 5.74) is 0.313. The average molecular weight is 192 g/mol. The van der Waals surface area contributed by atoms with Crippen LogP contribution in [-0.4, -0.2) is 37.7 Å². The van der Waals surface area contributed by atoms with E-state index in [2.05, 4.69) is 39.5 Å². The highest BCUT2D eigenvalue weighted by Gasteiger charge is 2.10. The van der Waals surface area contributed by atoms with Gasteiger partial charge in [0.2, 0.25) is 0 Å². The standard InChI is InChI=1S/C10H24OS/c1-10(2,3)9-11-7-8-12(4,5)6/h7-9H2,1-6H3. The summed E-state index contributed by atoms with van der Waals surface area (Å²) >= 11 is 0. The highest BCUT2D eigenvalue weighted by molar-refractivity contribution is 8.32. The zero-order valence-corrected chi connectivity index (χ0v) is 10.3. The van der Waals surface area contributed by atoms with Crippen LogP contribution < -0.4 is 0 Å². The third kappa shape index (κ3) is 10.3. The zero-order valence-electron chi connectivity index (χ0n) is 9.44. The Kier molecular flexibility index (Phi) is 4.64. The van der Waals surface area contributed by atoms with E-state index in [0.29, 0.717) is 5.41 Å². The van der Waals surface area contributed by atoms with E-state index in [1.54, 1.807) is 0 Å². The lowest BCUT2D eigenvalue weighted by Crippen LogP contribution is -2.17. The van der Waals surface area contributed by atoms with Crippen LogP contribution in [0.2, 0.25) is 0 Å². The second-order valence-corrected chi connectivity index (χ2v) is 10.00. The first-order chi connectivity index (χ1) is 5.21. The Balaban J connectivity index is 3.35. The molecule has 0 aliphatic carbocycles. The van der Waals surface area contributed by atoms with Crippen LogP contribution >= 0.6 is 10.0 Å². The van der Waals surface area contributed by atoms with Crippen molar-refractivity contribution >= 4 is 10.0 Å². The molecular weight excluding hydrogens is 168 g/mol. The SMILES string of the molecule is CC(C)(C)COCCS(C)(C)C. The molecule has 0 spiro atoms. The molecule has 0 amide bonds. The molecule has 76 valence electrons. The van der Waals surface area contributed by atoms with Gasteiger partial charge in [-0.1, -0.05) is 20.8 Å². The van der Waals surface area contributed by atoms with Crippen LogP contribution in [0.5, 0.6) is 0 Å². The molecular formula is C10H24OS. The van der Waals surface area contributed by atoms with Gasteiger partial charge in [-0.15, -0.1) is 0 Å². The van der Waals surface area contributed by atoms with Crippen LogP contribution in [0.4, 0.5) is 0 Å². The fraction of sp³-hybridized carbons (Fsp3) is 1.00. The molecule has 0 aliphatic rings. The van der Waals surface area contributed by atoms with Gasteiger partial charge in [0.05, 0.1) is 13.2 Å². The maximum absolute atomic E-state index is 5.59. The smallest absolute Gasteiger partial charge is 0.0542 e. The molecule has 0 saturated carbocycles. The molecule has 0 aliphatic heterocycles. The van der Waals surface area contributed by atoms with Crippen LogP contribution in [-0.2, 0) is 4.74 Å². The lowest BCUT2D eigenvalue weighted by molar-refractivity contribution is 0.0821. The molecule has 0 aromatic carbocycles. The molecule has 0 fully saturated rings. The van der Waals surface area contributed by atoms with Gasteiger partial charge in [-0.05, 0) is 24.2 Å². The highest BCUT2D eigenvalue weighted by Crippen LogP contribution is 2.33. The molecule has 0 unspecified atom stereocenters. The van der Waals surface area contributed by atoms with E-state index >= 15 is 0 Å². The van der Waals surface area contributed by atoms with Crippen molar-refractivity contribution in [2.75, 3.05) is 37.7 Å². The Bertz CT molecular complexity index is 103. The van der Waals surface area contributed by atoms with Crippen molar-refractivity contribution in [3.8, 4) is 0 Å². The minimum absolute atomic E-state index is 0.313. The van der Waals surface area contributed by atoms with Crippen molar-refractivity contribution in [3.05, 3.63) is 0 Å². The van der Waals surface area contributed by atoms with Gasteiger partial charge in [0, 0.05) is 5.75 Å². The fourth-order valence-corrected chi connectivity index (χ4v) is 1.31. The van der Waals surface area contributed by atoms with E-state index in [1.165, 1.54) is 5.75 Å². The third-order valence-corrected chi connectivity index (χ3v) is 2.77. The molecule has 1 nitrogen and oxygen atoms in total. The van der Waals surface area contributed by atoms with E-state index in [9.17, 15) is 0 Å². The summed E-state index contributed by atoms with van der Waals surface area (Å²) in [5, 5.41) is 0. The Hall–Kier alpha value is 0.310. The first-order valence-corrected chi connectivity index (χ1v) is 7.47. The average Bonchev–Trinajstić information content (AvgIpc) is 1.76. The molecule has 0 atom stereocenters. The molecule has 0 rings (SSSR count). The van der Waals surface area contributed by atoms with Gasteiger partial charge in [0.15, 0.2) is 0 Å². The summed E-state index contributed by atoms with van der Waals surface area (Å²) in [7, 11) is -0.367. The second kappa shape index (κ2) is 4.52. The Morgan fingerprint density at radius 2 is 1.58 bits per heavy atom. The minimum atomic E-state index is -0.367. The van der Waals surface area contributed by atoms with Crippen LogP contribution in [0.1, 0.15) is 20.8 Å². The van der Waals surface area contributed by atoms with Crippen LogP contribution in [0, 0.1) is 5.41 Å². The van der Waals surface area contributed by atoms with Gasteiger partial charge in [-0.3, -0.25) is 0 Å². The van der Waals surface area contributed by atoms with Crippen molar-refractivity contribution in [2.45, 2.75) is 20.8 Å². The second-order valence-electron chi connectivity index (χ2n) is 5.41. The first kappa shape index (κ1) is 12.3. The molecule has 0 bridgehead atoms. The molecule has 0 heterocycles. The van der Waals surface area contributed by atoms with Gasteiger partial charge < -0.3 is 4.74 Å². The molecule has 12 heavy (non-hydrogen) atoms. The van der Waals surface area contributed by atoms with E-state index in [-0.39, 0.29) is 10.0 Å². The van der Waals surface area contributed by atoms with Crippen LogP contribution in [0.3, 0.4) is 0 Å². The molecule has 0 aromatic rings. The van der Waals surface area contributed by atoms with Gasteiger partial charge in [0.1, 0.15) is 0 Å². The van der Waals surface area contributed by atoms with E-state index in [4.69, 9.17) is 4.74 Å². The van der Waals surface area contributed by atoms with Crippen LogP contribution in [0.25, 0.3) is 0 Å².